The molecule has 10 heteroatoms. The Morgan fingerprint density at radius 2 is 1.86 bits per heavy atom. The van der Waals surface area contributed by atoms with Gasteiger partial charge >= 0.3 is 0 Å². The highest BCUT2D eigenvalue weighted by Crippen LogP contribution is 2.27. The minimum atomic E-state index is -3.36. The summed E-state index contributed by atoms with van der Waals surface area (Å²) in [6.07, 6.45) is 2.31. The lowest BCUT2D eigenvalue weighted by molar-refractivity contribution is 0.0731. The average molecular weight is 509 g/mol. The second-order valence-corrected chi connectivity index (χ2v) is 11.5. The van der Waals surface area contributed by atoms with Crippen LogP contribution < -0.4 is 15.6 Å². The van der Waals surface area contributed by atoms with E-state index in [4.69, 9.17) is 9.72 Å². The van der Waals surface area contributed by atoms with Crippen LogP contribution in [0.2, 0.25) is 0 Å². The summed E-state index contributed by atoms with van der Waals surface area (Å²) in [6.45, 7) is 5.15. The molecule has 1 aromatic heterocycles. The van der Waals surface area contributed by atoms with Gasteiger partial charge in [-0.05, 0) is 68.3 Å². The van der Waals surface area contributed by atoms with Crippen molar-refractivity contribution in [1.29, 1.82) is 0 Å². The van der Waals surface area contributed by atoms with Gasteiger partial charge in [0.2, 0.25) is 5.95 Å². The topological polar surface area (TPSA) is 111 Å². The predicted molar refractivity (Wildman–Crippen MR) is 136 cm³/mol. The first-order valence-electron chi connectivity index (χ1n) is 11.9. The van der Waals surface area contributed by atoms with Crippen LogP contribution in [0.25, 0.3) is 5.69 Å². The lowest BCUT2D eigenvalue weighted by Gasteiger charge is -2.29. The van der Waals surface area contributed by atoms with Gasteiger partial charge in [-0.25, -0.2) is 18.0 Å². The van der Waals surface area contributed by atoms with Gasteiger partial charge in [-0.1, -0.05) is 0 Å². The van der Waals surface area contributed by atoms with Crippen molar-refractivity contribution in [2.45, 2.75) is 44.2 Å². The molecule has 0 aliphatic carbocycles. The number of fused-ring (bicyclic) bond motifs is 2. The summed E-state index contributed by atoms with van der Waals surface area (Å²) in [6, 6.07) is 11.7. The number of amides is 1. The highest BCUT2D eigenvalue weighted by molar-refractivity contribution is 7.90. The fraction of sp³-hybridized carbons (Fsp3) is 0.346. The molecule has 5 rings (SSSR count). The van der Waals surface area contributed by atoms with E-state index in [1.165, 1.54) is 16.7 Å². The Balaban J connectivity index is 1.50. The molecule has 0 radical (unpaired) electrons. The maximum atomic E-state index is 13.6. The average Bonchev–Trinajstić information content (AvgIpc) is 3.30. The van der Waals surface area contributed by atoms with Crippen molar-refractivity contribution >= 4 is 21.7 Å². The van der Waals surface area contributed by atoms with Gasteiger partial charge in [0.1, 0.15) is 5.75 Å². The second-order valence-electron chi connectivity index (χ2n) is 9.46. The molecular weight excluding hydrogens is 480 g/mol. The van der Waals surface area contributed by atoms with E-state index in [0.29, 0.717) is 48.0 Å². The third-order valence-corrected chi connectivity index (χ3v) is 7.53. The largest absolute Gasteiger partial charge is 0.493 e. The number of sulfone groups is 1. The number of nitrogens with zero attached hydrogens (tertiary/aromatic N) is 3. The van der Waals surface area contributed by atoms with Crippen LogP contribution in [0, 0.1) is 0 Å². The smallest absolute Gasteiger partial charge is 0.263 e. The van der Waals surface area contributed by atoms with Crippen molar-refractivity contribution < 1.29 is 17.9 Å². The zero-order chi connectivity index (χ0) is 25.6. The summed E-state index contributed by atoms with van der Waals surface area (Å²) in [7, 11) is -3.36. The fourth-order valence-electron chi connectivity index (χ4n) is 4.60. The van der Waals surface area contributed by atoms with E-state index < -0.39 is 9.84 Å². The van der Waals surface area contributed by atoms with E-state index >= 15 is 0 Å². The van der Waals surface area contributed by atoms with Crippen molar-refractivity contribution in [3.8, 4) is 11.4 Å². The molecule has 3 aromatic rings. The molecule has 188 valence electrons. The maximum absolute atomic E-state index is 13.6. The van der Waals surface area contributed by atoms with Crippen molar-refractivity contribution in [1.82, 2.24) is 14.5 Å². The van der Waals surface area contributed by atoms with Gasteiger partial charge in [-0.15, -0.1) is 0 Å². The number of ether oxygens (including phenoxy) is 1. The molecule has 0 unspecified atom stereocenters. The first kappa shape index (κ1) is 24.1. The summed E-state index contributed by atoms with van der Waals surface area (Å²) in [4.78, 5) is 33.5. The second kappa shape index (κ2) is 9.09. The van der Waals surface area contributed by atoms with Crippen LogP contribution in [0.3, 0.4) is 0 Å². The predicted octanol–water partition coefficient (Wildman–Crippen LogP) is 2.59. The molecule has 0 saturated heterocycles. The van der Waals surface area contributed by atoms with Crippen molar-refractivity contribution in [3.63, 3.8) is 0 Å². The Morgan fingerprint density at radius 1 is 1.11 bits per heavy atom. The summed E-state index contributed by atoms with van der Waals surface area (Å²) in [5, 5.41) is 3.23. The van der Waals surface area contributed by atoms with Gasteiger partial charge in [0.15, 0.2) is 9.84 Å². The Bertz CT molecular complexity index is 1510. The Hall–Kier alpha value is -3.66. The standard InChI is InChI=1S/C26H28N4O5S/c1-16(2)27-26-28-22-15-29(24(31)18-4-9-23-17(14-18)11-13-35-23)12-10-21(22)25(32)30(26)19-5-7-20(8-6-19)36(3,33)34/h4-9,14,16H,10-13,15H2,1-3H3,(H,27,28). The highest BCUT2D eigenvalue weighted by atomic mass is 32.2. The SMILES string of the molecule is CC(C)Nc1nc2c(c(=O)n1-c1ccc(S(C)(=O)=O)cc1)CCN(C(=O)c1ccc3c(c1)CCO3)C2. The number of rotatable bonds is 5. The molecule has 2 aromatic carbocycles. The van der Waals surface area contributed by atoms with E-state index in [9.17, 15) is 18.0 Å². The third kappa shape index (κ3) is 4.48. The van der Waals surface area contributed by atoms with Gasteiger partial charge < -0.3 is 15.0 Å². The molecule has 2 aliphatic heterocycles. The van der Waals surface area contributed by atoms with Crippen molar-refractivity contribution in [3.05, 3.63) is 75.2 Å². The third-order valence-electron chi connectivity index (χ3n) is 6.40. The van der Waals surface area contributed by atoms with E-state index in [0.717, 1.165) is 24.0 Å². The molecule has 0 spiro atoms. The normalized spacial score (nSPS) is 14.8. The van der Waals surface area contributed by atoms with Crippen LogP contribution in [0.4, 0.5) is 5.95 Å². The number of hydrogen-bond acceptors (Lipinski definition) is 7. The minimum Gasteiger partial charge on any atom is -0.493 e. The Labute approximate surface area is 209 Å². The monoisotopic (exact) mass is 508 g/mol. The summed E-state index contributed by atoms with van der Waals surface area (Å²) in [5.74, 6) is 1.08. The number of carbonyl (C=O) groups excluding carboxylic acids is 1. The summed E-state index contributed by atoms with van der Waals surface area (Å²) < 4.78 is 30.7. The molecule has 0 saturated carbocycles. The number of nitrogens with one attached hydrogen (secondary N) is 1. The van der Waals surface area contributed by atoms with Gasteiger partial charge in [-0.2, -0.15) is 0 Å². The van der Waals surface area contributed by atoms with E-state index in [1.54, 1.807) is 23.1 Å². The fourth-order valence-corrected chi connectivity index (χ4v) is 5.23. The number of hydrogen-bond donors (Lipinski definition) is 1. The molecular formula is C26H28N4O5S. The molecule has 1 amide bonds. The molecule has 0 atom stereocenters. The molecule has 36 heavy (non-hydrogen) atoms. The van der Waals surface area contributed by atoms with Gasteiger partial charge in [0, 0.05) is 36.4 Å². The lowest BCUT2D eigenvalue weighted by atomic mass is 10.0. The maximum Gasteiger partial charge on any atom is 0.263 e. The van der Waals surface area contributed by atoms with E-state index in [2.05, 4.69) is 5.32 Å². The lowest BCUT2D eigenvalue weighted by Crippen LogP contribution is -2.41. The number of aromatic nitrogens is 2. The van der Waals surface area contributed by atoms with Crippen molar-refractivity contribution in [2.24, 2.45) is 0 Å². The van der Waals surface area contributed by atoms with Crippen LogP contribution in [-0.4, -0.2) is 54.2 Å². The highest BCUT2D eigenvalue weighted by Gasteiger charge is 2.28. The molecule has 1 N–H and O–H groups in total. The molecule has 9 nitrogen and oxygen atoms in total. The zero-order valence-electron chi connectivity index (χ0n) is 20.4. The van der Waals surface area contributed by atoms with E-state index in [1.807, 2.05) is 26.0 Å². The quantitative estimate of drug-likeness (QED) is 0.564. The molecule has 2 aliphatic rings. The summed E-state index contributed by atoms with van der Waals surface area (Å²) >= 11 is 0. The Kier molecular flexibility index (Phi) is 6.07. The van der Waals surface area contributed by atoms with Crippen LogP contribution in [-0.2, 0) is 29.2 Å². The molecule has 3 heterocycles. The first-order chi connectivity index (χ1) is 17.1. The van der Waals surface area contributed by atoms with Crippen LogP contribution in [0.15, 0.2) is 52.2 Å². The zero-order valence-corrected chi connectivity index (χ0v) is 21.3. The van der Waals surface area contributed by atoms with Crippen LogP contribution in [0.1, 0.15) is 41.0 Å². The molecule has 0 fully saturated rings. The number of benzene rings is 2. The van der Waals surface area contributed by atoms with Gasteiger partial charge in [0.25, 0.3) is 11.5 Å². The summed E-state index contributed by atoms with van der Waals surface area (Å²) in [5.41, 5.74) is 3.05. The first-order valence-corrected chi connectivity index (χ1v) is 13.8. The van der Waals surface area contributed by atoms with Gasteiger partial charge in [-0.3, -0.25) is 9.59 Å². The van der Waals surface area contributed by atoms with Crippen LogP contribution >= 0.6 is 0 Å². The van der Waals surface area contributed by atoms with Gasteiger partial charge in [0.05, 0.1) is 29.4 Å². The Morgan fingerprint density at radius 3 is 2.56 bits per heavy atom. The van der Waals surface area contributed by atoms with Crippen LogP contribution in [0.5, 0.6) is 5.75 Å². The number of carbonyl (C=O) groups is 1. The number of anilines is 1. The molecule has 0 bridgehead atoms. The van der Waals surface area contributed by atoms with E-state index in [-0.39, 0.29) is 28.9 Å². The van der Waals surface area contributed by atoms with Crippen molar-refractivity contribution in [2.75, 3.05) is 24.7 Å². The minimum absolute atomic E-state index is 0.00792.